The Balaban J connectivity index is 2.04. The van der Waals surface area contributed by atoms with E-state index in [1.807, 2.05) is 0 Å². The maximum Gasteiger partial charge on any atom is 0.0664 e. The summed E-state index contributed by atoms with van der Waals surface area (Å²) in [4.78, 5) is 2.54. The minimum absolute atomic E-state index is 0.133. The van der Waals surface area contributed by atoms with E-state index in [1.54, 1.807) is 0 Å². The number of rotatable bonds is 3. The van der Waals surface area contributed by atoms with Crippen molar-refractivity contribution in [3.63, 3.8) is 0 Å². The molecule has 1 aliphatic carbocycles. The van der Waals surface area contributed by atoms with Crippen LogP contribution in [0.3, 0.4) is 0 Å². The zero-order valence-electron chi connectivity index (χ0n) is 11.3. The lowest BCUT2D eigenvalue weighted by atomic mass is 9.65. The Labute approximate surface area is 100 Å². The van der Waals surface area contributed by atoms with Gasteiger partial charge in [0.05, 0.1) is 6.10 Å². The molecule has 1 saturated heterocycles. The third-order valence-corrected chi connectivity index (χ3v) is 4.44. The zero-order valence-corrected chi connectivity index (χ0v) is 11.3. The Kier molecular flexibility index (Phi) is 3.09. The summed E-state index contributed by atoms with van der Waals surface area (Å²) in [5.41, 5.74) is 0.990. The van der Waals surface area contributed by atoms with Crippen LogP contribution in [-0.2, 0) is 0 Å². The zero-order chi connectivity index (χ0) is 12.0. The molecule has 2 nitrogen and oxygen atoms in total. The molecule has 1 saturated carbocycles. The van der Waals surface area contributed by atoms with Crippen molar-refractivity contribution in [2.24, 2.45) is 10.8 Å². The molecule has 2 aliphatic rings. The maximum absolute atomic E-state index is 9.81. The van der Waals surface area contributed by atoms with E-state index in [0.717, 1.165) is 19.0 Å². The number of hydrogen-bond acceptors (Lipinski definition) is 2. The number of likely N-dealkylation sites (tertiary alicyclic amines) is 1. The minimum Gasteiger partial charge on any atom is -0.392 e. The Morgan fingerprint density at radius 3 is 2.62 bits per heavy atom. The van der Waals surface area contributed by atoms with Gasteiger partial charge in [0.1, 0.15) is 0 Å². The van der Waals surface area contributed by atoms with Gasteiger partial charge in [0, 0.05) is 19.1 Å². The first-order chi connectivity index (χ1) is 7.34. The summed E-state index contributed by atoms with van der Waals surface area (Å²) in [6, 6.07) is 0.718. The first-order valence-corrected chi connectivity index (χ1v) is 6.76. The Morgan fingerprint density at radius 2 is 2.00 bits per heavy atom. The van der Waals surface area contributed by atoms with Crippen LogP contribution >= 0.6 is 0 Å². The summed E-state index contributed by atoms with van der Waals surface area (Å²) in [5, 5.41) is 9.81. The molecule has 1 N–H and O–H groups in total. The summed E-state index contributed by atoms with van der Waals surface area (Å²) in [6.07, 6.45) is 4.73. The van der Waals surface area contributed by atoms with Gasteiger partial charge < -0.3 is 5.11 Å². The van der Waals surface area contributed by atoms with E-state index in [4.69, 9.17) is 0 Å². The molecule has 0 aromatic rings. The van der Waals surface area contributed by atoms with Gasteiger partial charge in [0.25, 0.3) is 0 Å². The molecule has 3 atom stereocenters. The quantitative estimate of drug-likeness (QED) is 0.798. The monoisotopic (exact) mass is 225 g/mol. The Bertz CT molecular complexity index is 263. The highest BCUT2D eigenvalue weighted by Crippen LogP contribution is 2.52. The molecule has 2 heteroatoms. The van der Waals surface area contributed by atoms with Crippen molar-refractivity contribution < 1.29 is 5.11 Å². The SMILES string of the molecule is CC[C@@H](O)CN1C[C@]2(C)C[C@H]1CC(C)(C)C2. The summed E-state index contributed by atoms with van der Waals surface area (Å²) in [7, 11) is 0. The fourth-order valence-corrected chi connectivity index (χ4v) is 4.19. The largest absolute Gasteiger partial charge is 0.392 e. The first kappa shape index (κ1) is 12.4. The number of β-amino-alcohol motifs (C(OH)–C–C–N with tert-alkyl or cyclic N) is 1. The summed E-state index contributed by atoms with van der Waals surface area (Å²) >= 11 is 0. The van der Waals surface area contributed by atoms with E-state index in [-0.39, 0.29) is 6.10 Å². The lowest BCUT2D eigenvalue weighted by molar-refractivity contribution is 0.0899. The van der Waals surface area contributed by atoms with Crippen molar-refractivity contribution in [2.45, 2.75) is 65.5 Å². The second-order valence-electron chi connectivity index (χ2n) is 7.21. The predicted octanol–water partition coefficient (Wildman–Crippen LogP) is 2.66. The van der Waals surface area contributed by atoms with Crippen molar-refractivity contribution in [1.29, 1.82) is 0 Å². The van der Waals surface area contributed by atoms with Crippen LogP contribution < -0.4 is 0 Å². The fourth-order valence-electron chi connectivity index (χ4n) is 4.19. The van der Waals surface area contributed by atoms with Crippen LogP contribution in [-0.4, -0.2) is 35.2 Å². The number of fused-ring (bicyclic) bond motifs is 2. The molecule has 0 aromatic carbocycles. The molecule has 16 heavy (non-hydrogen) atoms. The second kappa shape index (κ2) is 3.99. The molecule has 2 rings (SSSR count). The summed E-state index contributed by atoms with van der Waals surface area (Å²) < 4.78 is 0. The molecule has 0 radical (unpaired) electrons. The molecule has 2 fully saturated rings. The van der Waals surface area contributed by atoms with E-state index in [0.29, 0.717) is 10.8 Å². The van der Waals surface area contributed by atoms with Crippen molar-refractivity contribution in [2.75, 3.05) is 13.1 Å². The average Bonchev–Trinajstić information content (AvgIpc) is 2.35. The Hall–Kier alpha value is -0.0800. The lowest BCUT2D eigenvalue weighted by Gasteiger charge is -2.40. The van der Waals surface area contributed by atoms with Crippen LogP contribution in [0.25, 0.3) is 0 Å². The van der Waals surface area contributed by atoms with Gasteiger partial charge in [0.2, 0.25) is 0 Å². The third kappa shape index (κ3) is 2.43. The molecular weight excluding hydrogens is 198 g/mol. The van der Waals surface area contributed by atoms with Crippen molar-refractivity contribution in [3.8, 4) is 0 Å². The van der Waals surface area contributed by atoms with Crippen LogP contribution in [0, 0.1) is 10.8 Å². The second-order valence-corrected chi connectivity index (χ2v) is 7.21. The summed E-state index contributed by atoms with van der Waals surface area (Å²) in [6.45, 7) is 11.4. The highest BCUT2D eigenvalue weighted by atomic mass is 16.3. The minimum atomic E-state index is -0.133. The van der Waals surface area contributed by atoms with Gasteiger partial charge in [0.15, 0.2) is 0 Å². The molecule has 2 bridgehead atoms. The van der Waals surface area contributed by atoms with Gasteiger partial charge in [-0.15, -0.1) is 0 Å². The molecule has 94 valence electrons. The van der Waals surface area contributed by atoms with Crippen LogP contribution in [0.1, 0.15) is 53.4 Å². The van der Waals surface area contributed by atoms with E-state index in [1.165, 1.54) is 25.8 Å². The molecule has 1 heterocycles. The maximum atomic E-state index is 9.81. The predicted molar refractivity (Wildman–Crippen MR) is 67.4 cm³/mol. The smallest absolute Gasteiger partial charge is 0.0664 e. The van der Waals surface area contributed by atoms with E-state index in [9.17, 15) is 5.11 Å². The molecule has 0 amide bonds. The molecule has 0 aromatic heterocycles. The topological polar surface area (TPSA) is 23.5 Å². The third-order valence-electron chi connectivity index (χ3n) is 4.44. The number of nitrogens with zero attached hydrogens (tertiary/aromatic N) is 1. The van der Waals surface area contributed by atoms with Gasteiger partial charge in [-0.05, 0) is 36.5 Å². The highest BCUT2D eigenvalue weighted by Gasteiger charge is 2.49. The van der Waals surface area contributed by atoms with Crippen molar-refractivity contribution >= 4 is 0 Å². The van der Waals surface area contributed by atoms with Gasteiger partial charge >= 0.3 is 0 Å². The van der Waals surface area contributed by atoms with Gasteiger partial charge in [-0.1, -0.05) is 27.7 Å². The lowest BCUT2D eigenvalue weighted by Crippen LogP contribution is -2.37. The van der Waals surface area contributed by atoms with Gasteiger partial charge in [-0.2, -0.15) is 0 Å². The number of aliphatic hydroxyl groups is 1. The first-order valence-electron chi connectivity index (χ1n) is 6.76. The molecule has 0 unspecified atom stereocenters. The van der Waals surface area contributed by atoms with Gasteiger partial charge in [-0.25, -0.2) is 0 Å². The van der Waals surface area contributed by atoms with E-state index < -0.39 is 0 Å². The van der Waals surface area contributed by atoms with E-state index >= 15 is 0 Å². The molecule has 1 aliphatic heterocycles. The van der Waals surface area contributed by atoms with Gasteiger partial charge in [-0.3, -0.25) is 4.90 Å². The van der Waals surface area contributed by atoms with Crippen LogP contribution in [0.2, 0.25) is 0 Å². The molecular formula is C14H27NO. The number of aliphatic hydroxyl groups excluding tert-OH is 1. The van der Waals surface area contributed by atoms with Crippen LogP contribution in [0.15, 0.2) is 0 Å². The van der Waals surface area contributed by atoms with Crippen LogP contribution in [0.4, 0.5) is 0 Å². The fraction of sp³-hybridized carbons (Fsp3) is 1.00. The van der Waals surface area contributed by atoms with Crippen molar-refractivity contribution in [3.05, 3.63) is 0 Å². The standard InChI is InChI=1S/C14H27NO/c1-5-12(16)8-15-10-14(4)7-11(15)6-13(2,3)9-14/h11-12,16H,5-10H2,1-4H3/t11-,12-,14-/m1/s1. The van der Waals surface area contributed by atoms with Crippen LogP contribution in [0.5, 0.6) is 0 Å². The normalized spacial score (nSPS) is 39.9. The Morgan fingerprint density at radius 1 is 1.31 bits per heavy atom. The number of hydrogen-bond donors (Lipinski definition) is 1. The van der Waals surface area contributed by atoms with E-state index in [2.05, 4.69) is 32.6 Å². The summed E-state index contributed by atoms with van der Waals surface area (Å²) in [5.74, 6) is 0. The molecule has 0 spiro atoms. The highest BCUT2D eigenvalue weighted by molar-refractivity contribution is 5.02. The average molecular weight is 225 g/mol. The van der Waals surface area contributed by atoms with Crippen molar-refractivity contribution in [1.82, 2.24) is 4.90 Å².